The van der Waals surface area contributed by atoms with Gasteiger partial charge < -0.3 is 5.32 Å². The number of hydrogen-bond acceptors (Lipinski definition) is 2. The summed E-state index contributed by atoms with van der Waals surface area (Å²) in [6, 6.07) is 12.5. The Morgan fingerprint density at radius 3 is 2.67 bits per heavy atom. The zero-order valence-corrected chi connectivity index (χ0v) is 12.4. The Labute approximate surface area is 121 Å². The van der Waals surface area contributed by atoms with Gasteiger partial charge in [-0.05, 0) is 43.2 Å². The highest BCUT2D eigenvalue weighted by Crippen LogP contribution is 2.19. The fraction of sp³-hybridized carbons (Fsp3) is 0.214. The Hall–Kier alpha value is -1.06. The predicted octanol–water partition coefficient (Wildman–Crippen LogP) is 4.54. The minimum atomic E-state index is 0.299. The van der Waals surface area contributed by atoms with Gasteiger partial charge in [0.15, 0.2) is 5.15 Å². The highest BCUT2D eigenvalue weighted by molar-refractivity contribution is 9.10. The van der Waals surface area contributed by atoms with Crippen LogP contribution in [-0.4, -0.2) is 11.0 Å². The summed E-state index contributed by atoms with van der Waals surface area (Å²) in [5, 5.41) is 3.88. The van der Waals surface area contributed by atoms with Gasteiger partial charge in [0, 0.05) is 16.7 Å². The van der Waals surface area contributed by atoms with Crippen LogP contribution in [0.15, 0.2) is 47.1 Å². The standard InChI is InChI=1S/C14H14BrClN2/c1-10(9-11-4-6-12(15)7-5-11)18-13-3-2-8-17-14(13)16/h2-8,10,18H,9H2,1H3. The van der Waals surface area contributed by atoms with E-state index >= 15 is 0 Å². The molecule has 1 unspecified atom stereocenters. The molecule has 94 valence electrons. The zero-order valence-electron chi connectivity index (χ0n) is 10.0. The average molecular weight is 326 g/mol. The third kappa shape index (κ3) is 3.72. The van der Waals surface area contributed by atoms with Gasteiger partial charge in [-0.1, -0.05) is 39.7 Å². The zero-order chi connectivity index (χ0) is 13.0. The average Bonchev–Trinajstić information content (AvgIpc) is 2.35. The fourth-order valence-electron chi connectivity index (χ4n) is 1.78. The Bertz CT molecular complexity index is 513. The number of nitrogens with zero attached hydrogens (tertiary/aromatic N) is 1. The molecule has 2 rings (SSSR count). The lowest BCUT2D eigenvalue weighted by atomic mass is 10.1. The highest BCUT2D eigenvalue weighted by atomic mass is 79.9. The molecule has 18 heavy (non-hydrogen) atoms. The smallest absolute Gasteiger partial charge is 0.152 e. The molecule has 0 saturated heterocycles. The van der Waals surface area contributed by atoms with Crippen LogP contribution in [0.5, 0.6) is 0 Å². The number of pyridine rings is 1. The van der Waals surface area contributed by atoms with E-state index in [0.29, 0.717) is 11.2 Å². The second-order valence-corrected chi connectivity index (χ2v) is 5.49. The SMILES string of the molecule is CC(Cc1ccc(Br)cc1)Nc1cccnc1Cl. The first kappa shape index (κ1) is 13.4. The molecule has 1 aromatic heterocycles. The van der Waals surface area contributed by atoms with Crippen molar-refractivity contribution < 1.29 is 0 Å². The summed E-state index contributed by atoms with van der Waals surface area (Å²) in [6.07, 6.45) is 2.63. The van der Waals surface area contributed by atoms with Crippen molar-refractivity contribution in [3.63, 3.8) is 0 Å². The molecule has 0 aliphatic rings. The number of benzene rings is 1. The van der Waals surface area contributed by atoms with E-state index in [1.807, 2.05) is 12.1 Å². The predicted molar refractivity (Wildman–Crippen MR) is 80.2 cm³/mol. The molecule has 0 fully saturated rings. The summed E-state index contributed by atoms with van der Waals surface area (Å²) in [4.78, 5) is 4.05. The third-order valence-corrected chi connectivity index (χ3v) is 3.45. The molecule has 0 radical (unpaired) electrons. The summed E-state index contributed by atoms with van der Waals surface area (Å²) in [7, 11) is 0. The molecule has 1 aromatic carbocycles. The van der Waals surface area contributed by atoms with E-state index in [2.05, 4.69) is 57.4 Å². The van der Waals surface area contributed by atoms with Crippen LogP contribution in [0.3, 0.4) is 0 Å². The first-order valence-electron chi connectivity index (χ1n) is 5.76. The van der Waals surface area contributed by atoms with Gasteiger partial charge in [-0.25, -0.2) is 4.98 Å². The van der Waals surface area contributed by atoms with Crippen molar-refractivity contribution in [2.75, 3.05) is 5.32 Å². The van der Waals surface area contributed by atoms with Gasteiger partial charge in [-0.3, -0.25) is 0 Å². The van der Waals surface area contributed by atoms with E-state index in [1.165, 1.54) is 5.56 Å². The molecule has 2 aromatic rings. The van der Waals surface area contributed by atoms with E-state index in [-0.39, 0.29) is 0 Å². The van der Waals surface area contributed by atoms with Crippen LogP contribution in [-0.2, 0) is 6.42 Å². The number of halogens is 2. The van der Waals surface area contributed by atoms with E-state index in [4.69, 9.17) is 11.6 Å². The van der Waals surface area contributed by atoms with Crippen LogP contribution in [0.1, 0.15) is 12.5 Å². The molecule has 4 heteroatoms. The van der Waals surface area contributed by atoms with Crippen molar-refractivity contribution in [1.82, 2.24) is 4.98 Å². The van der Waals surface area contributed by atoms with Gasteiger partial charge in [-0.15, -0.1) is 0 Å². The summed E-state index contributed by atoms with van der Waals surface area (Å²) >= 11 is 9.45. The largest absolute Gasteiger partial charge is 0.380 e. The summed E-state index contributed by atoms with van der Waals surface area (Å²) < 4.78 is 1.10. The molecule has 1 heterocycles. The van der Waals surface area contributed by atoms with Crippen LogP contribution in [0.4, 0.5) is 5.69 Å². The molecule has 0 aliphatic carbocycles. The summed E-state index contributed by atoms with van der Waals surface area (Å²) in [5.41, 5.74) is 2.17. The minimum Gasteiger partial charge on any atom is -0.380 e. The molecule has 1 atom stereocenters. The van der Waals surface area contributed by atoms with Crippen LogP contribution >= 0.6 is 27.5 Å². The van der Waals surface area contributed by atoms with Gasteiger partial charge in [0.1, 0.15) is 0 Å². The van der Waals surface area contributed by atoms with Gasteiger partial charge in [0.25, 0.3) is 0 Å². The van der Waals surface area contributed by atoms with Gasteiger partial charge >= 0.3 is 0 Å². The van der Waals surface area contributed by atoms with E-state index in [1.54, 1.807) is 6.20 Å². The monoisotopic (exact) mass is 324 g/mol. The van der Waals surface area contributed by atoms with E-state index in [9.17, 15) is 0 Å². The van der Waals surface area contributed by atoms with Crippen molar-refractivity contribution in [1.29, 1.82) is 0 Å². The number of hydrogen-bond donors (Lipinski definition) is 1. The topological polar surface area (TPSA) is 24.9 Å². The van der Waals surface area contributed by atoms with E-state index < -0.39 is 0 Å². The number of rotatable bonds is 4. The normalized spacial score (nSPS) is 12.2. The molecular weight excluding hydrogens is 312 g/mol. The van der Waals surface area contributed by atoms with Crippen molar-refractivity contribution in [2.24, 2.45) is 0 Å². The van der Waals surface area contributed by atoms with Crippen LogP contribution in [0.2, 0.25) is 5.15 Å². The maximum absolute atomic E-state index is 6.01. The lowest BCUT2D eigenvalue weighted by Gasteiger charge is -2.15. The maximum atomic E-state index is 6.01. The summed E-state index contributed by atoms with van der Waals surface area (Å²) in [5.74, 6) is 0. The Balaban J connectivity index is 1.99. The molecule has 0 saturated carbocycles. The maximum Gasteiger partial charge on any atom is 0.152 e. The van der Waals surface area contributed by atoms with Gasteiger partial charge in [-0.2, -0.15) is 0 Å². The van der Waals surface area contributed by atoms with Crippen LogP contribution in [0, 0.1) is 0 Å². The molecule has 0 bridgehead atoms. The quantitative estimate of drug-likeness (QED) is 0.835. The molecule has 1 N–H and O–H groups in total. The number of aromatic nitrogens is 1. The Morgan fingerprint density at radius 2 is 2.00 bits per heavy atom. The molecule has 2 nitrogen and oxygen atoms in total. The van der Waals surface area contributed by atoms with Gasteiger partial charge in [0.05, 0.1) is 5.69 Å². The lowest BCUT2D eigenvalue weighted by Crippen LogP contribution is -2.18. The highest BCUT2D eigenvalue weighted by Gasteiger charge is 2.06. The van der Waals surface area contributed by atoms with Crippen molar-refractivity contribution in [3.8, 4) is 0 Å². The van der Waals surface area contributed by atoms with E-state index in [0.717, 1.165) is 16.6 Å². The molecule has 0 spiro atoms. The van der Waals surface area contributed by atoms with Crippen molar-refractivity contribution in [3.05, 3.63) is 57.8 Å². The Kier molecular flexibility index (Phi) is 4.61. The Morgan fingerprint density at radius 1 is 1.28 bits per heavy atom. The van der Waals surface area contributed by atoms with Crippen molar-refractivity contribution >= 4 is 33.2 Å². The second kappa shape index (κ2) is 6.21. The van der Waals surface area contributed by atoms with Gasteiger partial charge in [0.2, 0.25) is 0 Å². The first-order chi connectivity index (χ1) is 8.65. The fourth-order valence-corrected chi connectivity index (χ4v) is 2.22. The molecule has 0 aliphatic heterocycles. The minimum absolute atomic E-state index is 0.299. The third-order valence-electron chi connectivity index (χ3n) is 2.62. The second-order valence-electron chi connectivity index (χ2n) is 4.22. The van der Waals surface area contributed by atoms with Crippen LogP contribution < -0.4 is 5.32 Å². The number of nitrogens with one attached hydrogen (secondary N) is 1. The molecular formula is C14H14BrClN2. The summed E-state index contributed by atoms with van der Waals surface area (Å²) in [6.45, 7) is 2.13. The first-order valence-corrected chi connectivity index (χ1v) is 6.94. The van der Waals surface area contributed by atoms with Crippen LogP contribution in [0.25, 0.3) is 0 Å². The van der Waals surface area contributed by atoms with Crippen molar-refractivity contribution in [2.45, 2.75) is 19.4 Å². The molecule has 0 amide bonds. The lowest BCUT2D eigenvalue weighted by molar-refractivity contribution is 0.789. The number of anilines is 1.